The van der Waals surface area contributed by atoms with Gasteiger partial charge in [0, 0.05) is 12.6 Å². The minimum absolute atomic E-state index is 0.231. The summed E-state index contributed by atoms with van der Waals surface area (Å²) in [6.45, 7) is 2.78. The summed E-state index contributed by atoms with van der Waals surface area (Å²) in [4.78, 5) is 24.3. The predicted octanol–water partition coefficient (Wildman–Crippen LogP) is 4.91. The van der Waals surface area contributed by atoms with Crippen molar-refractivity contribution in [1.82, 2.24) is 5.32 Å². The van der Waals surface area contributed by atoms with Gasteiger partial charge in [0.1, 0.15) is 11.5 Å². The van der Waals surface area contributed by atoms with Crippen LogP contribution in [0.1, 0.15) is 40.2 Å². The van der Waals surface area contributed by atoms with Crippen molar-refractivity contribution in [3.63, 3.8) is 0 Å². The number of thiophene rings is 1. The van der Waals surface area contributed by atoms with Gasteiger partial charge in [-0.2, -0.15) is 0 Å². The summed E-state index contributed by atoms with van der Waals surface area (Å²) in [7, 11) is 0. The molecule has 6 nitrogen and oxygen atoms in total. The second-order valence-corrected chi connectivity index (χ2v) is 7.84. The SMILES string of the molecule is CCOC(=O)c1cc(-c2cccc(C(N)CCNC(=O)OCc3ccccc3)c2)cs1. The Hall–Kier alpha value is -3.16. The molecular weight excluding hydrogens is 412 g/mol. The maximum absolute atomic E-state index is 11.9. The fraction of sp³-hybridized carbons (Fsp3) is 0.250. The van der Waals surface area contributed by atoms with Crippen LogP contribution in [-0.4, -0.2) is 25.2 Å². The third-order valence-corrected chi connectivity index (χ3v) is 5.57. The second kappa shape index (κ2) is 11.3. The lowest BCUT2D eigenvalue weighted by Gasteiger charge is -2.14. The third kappa shape index (κ3) is 6.67. The minimum atomic E-state index is -0.463. The molecule has 1 heterocycles. The molecule has 7 heteroatoms. The topological polar surface area (TPSA) is 90.6 Å². The lowest BCUT2D eigenvalue weighted by molar-refractivity contribution is 0.0532. The van der Waals surface area contributed by atoms with Gasteiger partial charge in [-0.05, 0) is 53.1 Å². The van der Waals surface area contributed by atoms with E-state index in [-0.39, 0.29) is 18.6 Å². The largest absolute Gasteiger partial charge is 0.462 e. The van der Waals surface area contributed by atoms with Gasteiger partial charge in [-0.25, -0.2) is 9.59 Å². The van der Waals surface area contributed by atoms with Gasteiger partial charge in [0.05, 0.1) is 6.61 Å². The van der Waals surface area contributed by atoms with E-state index < -0.39 is 6.09 Å². The Morgan fingerprint density at radius 2 is 1.84 bits per heavy atom. The van der Waals surface area contributed by atoms with E-state index in [9.17, 15) is 9.59 Å². The number of amides is 1. The molecule has 0 aliphatic heterocycles. The van der Waals surface area contributed by atoms with Crippen LogP contribution >= 0.6 is 11.3 Å². The number of ether oxygens (including phenoxy) is 2. The Morgan fingerprint density at radius 3 is 2.61 bits per heavy atom. The van der Waals surface area contributed by atoms with Crippen molar-refractivity contribution in [2.24, 2.45) is 5.73 Å². The van der Waals surface area contributed by atoms with Crippen LogP contribution in [0.3, 0.4) is 0 Å². The van der Waals surface area contributed by atoms with Crippen LogP contribution in [0.4, 0.5) is 4.79 Å². The molecule has 0 bridgehead atoms. The van der Waals surface area contributed by atoms with E-state index in [1.807, 2.05) is 66.0 Å². The number of carbonyl (C=O) groups excluding carboxylic acids is 2. The molecule has 3 rings (SSSR count). The zero-order chi connectivity index (χ0) is 22.1. The molecule has 0 aliphatic rings. The number of carbonyl (C=O) groups is 2. The Kier molecular flexibility index (Phi) is 8.20. The molecule has 3 N–H and O–H groups in total. The first-order valence-electron chi connectivity index (χ1n) is 10.1. The number of benzene rings is 2. The molecule has 0 aliphatic carbocycles. The van der Waals surface area contributed by atoms with Crippen molar-refractivity contribution < 1.29 is 19.1 Å². The fourth-order valence-corrected chi connectivity index (χ4v) is 3.82. The summed E-state index contributed by atoms with van der Waals surface area (Å²) >= 11 is 1.36. The van der Waals surface area contributed by atoms with E-state index >= 15 is 0 Å². The number of hydrogen-bond donors (Lipinski definition) is 2. The van der Waals surface area contributed by atoms with Gasteiger partial charge in [-0.3, -0.25) is 0 Å². The number of rotatable bonds is 9. The molecule has 0 spiro atoms. The van der Waals surface area contributed by atoms with Crippen LogP contribution in [-0.2, 0) is 16.1 Å². The average molecular weight is 439 g/mol. The van der Waals surface area contributed by atoms with Gasteiger partial charge in [0.15, 0.2) is 0 Å². The first-order chi connectivity index (χ1) is 15.1. The van der Waals surface area contributed by atoms with Crippen LogP contribution in [0.5, 0.6) is 0 Å². The standard InChI is InChI=1S/C24H26N2O4S/c1-2-29-23(27)22-14-20(16-31-22)18-9-6-10-19(13-18)21(25)11-12-26-24(28)30-15-17-7-4-3-5-8-17/h3-10,13-14,16,21H,2,11-12,15,25H2,1H3,(H,26,28). The number of hydrogen-bond acceptors (Lipinski definition) is 6. The van der Waals surface area contributed by atoms with Crippen LogP contribution in [0.2, 0.25) is 0 Å². The highest BCUT2D eigenvalue weighted by Gasteiger charge is 2.13. The minimum Gasteiger partial charge on any atom is -0.462 e. The van der Waals surface area contributed by atoms with Crippen molar-refractivity contribution in [2.75, 3.05) is 13.2 Å². The lowest BCUT2D eigenvalue weighted by atomic mass is 9.99. The van der Waals surface area contributed by atoms with Crippen LogP contribution in [0.15, 0.2) is 66.0 Å². The highest BCUT2D eigenvalue weighted by atomic mass is 32.1. The Labute approximate surface area is 186 Å². The zero-order valence-electron chi connectivity index (χ0n) is 17.4. The van der Waals surface area contributed by atoms with Crippen molar-refractivity contribution in [3.05, 3.63) is 82.0 Å². The molecule has 0 fully saturated rings. The summed E-state index contributed by atoms with van der Waals surface area (Å²) in [6, 6.07) is 19.0. The quantitative estimate of drug-likeness (QED) is 0.463. The van der Waals surface area contributed by atoms with E-state index in [4.69, 9.17) is 15.2 Å². The van der Waals surface area contributed by atoms with Gasteiger partial charge < -0.3 is 20.5 Å². The van der Waals surface area contributed by atoms with Crippen LogP contribution < -0.4 is 11.1 Å². The van der Waals surface area contributed by atoms with Crippen molar-refractivity contribution in [1.29, 1.82) is 0 Å². The van der Waals surface area contributed by atoms with E-state index in [1.165, 1.54) is 11.3 Å². The van der Waals surface area contributed by atoms with Crippen molar-refractivity contribution >= 4 is 23.4 Å². The molecule has 1 unspecified atom stereocenters. The molecule has 3 aromatic rings. The number of nitrogens with one attached hydrogen (secondary N) is 1. The van der Waals surface area contributed by atoms with Gasteiger partial charge in [0.25, 0.3) is 0 Å². The smallest absolute Gasteiger partial charge is 0.407 e. The molecular formula is C24H26N2O4S. The number of alkyl carbamates (subject to hydrolysis) is 1. The van der Waals surface area contributed by atoms with E-state index in [2.05, 4.69) is 5.32 Å². The van der Waals surface area contributed by atoms with E-state index in [0.29, 0.717) is 24.4 Å². The van der Waals surface area contributed by atoms with Gasteiger partial charge in [-0.1, -0.05) is 48.5 Å². The van der Waals surface area contributed by atoms with Gasteiger partial charge in [-0.15, -0.1) is 11.3 Å². The second-order valence-electron chi connectivity index (χ2n) is 6.93. The normalized spacial score (nSPS) is 11.5. The molecule has 0 saturated heterocycles. The highest BCUT2D eigenvalue weighted by molar-refractivity contribution is 7.12. The molecule has 0 radical (unpaired) electrons. The van der Waals surface area contributed by atoms with Crippen molar-refractivity contribution in [3.8, 4) is 11.1 Å². The third-order valence-electron chi connectivity index (χ3n) is 4.66. The molecule has 1 amide bonds. The molecule has 2 aromatic carbocycles. The molecule has 31 heavy (non-hydrogen) atoms. The van der Waals surface area contributed by atoms with Crippen LogP contribution in [0, 0.1) is 0 Å². The van der Waals surface area contributed by atoms with Crippen molar-refractivity contribution in [2.45, 2.75) is 26.0 Å². The van der Waals surface area contributed by atoms with Gasteiger partial charge >= 0.3 is 12.1 Å². The monoisotopic (exact) mass is 438 g/mol. The maximum atomic E-state index is 11.9. The Balaban J connectivity index is 1.50. The fourth-order valence-electron chi connectivity index (χ4n) is 3.02. The molecule has 0 saturated carbocycles. The predicted molar refractivity (Wildman–Crippen MR) is 122 cm³/mol. The number of nitrogens with two attached hydrogens (primary N) is 1. The first kappa shape index (κ1) is 22.5. The Morgan fingerprint density at radius 1 is 1.03 bits per heavy atom. The Bertz CT molecular complexity index is 1000. The summed E-state index contributed by atoms with van der Waals surface area (Å²) in [5.41, 5.74) is 10.1. The number of esters is 1. The summed E-state index contributed by atoms with van der Waals surface area (Å²) < 4.78 is 10.3. The summed E-state index contributed by atoms with van der Waals surface area (Å²) in [6.07, 6.45) is 0.108. The molecule has 1 aromatic heterocycles. The average Bonchev–Trinajstić information content (AvgIpc) is 3.29. The zero-order valence-corrected chi connectivity index (χ0v) is 18.2. The molecule has 1 atom stereocenters. The lowest BCUT2D eigenvalue weighted by Crippen LogP contribution is -2.27. The summed E-state index contributed by atoms with van der Waals surface area (Å²) in [5, 5.41) is 4.67. The van der Waals surface area contributed by atoms with E-state index in [1.54, 1.807) is 6.92 Å². The summed E-state index contributed by atoms with van der Waals surface area (Å²) in [5.74, 6) is -0.308. The maximum Gasteiger partial charge on any atom is 0.407 e. The van der Waals surface area contributed by atoms with Crippen LogP contribution in [0.25, 0.3) is 11.1 Å². The van der Waals surface area contributed by atoms with Gasteiger partial charge in [0.2, 0.25) is 0 Å². The molecule has 162 valence electrons. The first-order valence-corrected chi connectivity index (χ1v) is 11.0. The highest BCUT2D eigenvalue weighted by Crippen LogP contribution is 2.28. The van der Waals surface area contributed by atoms with E-state index in [0.717, 1.165) is 22.3 Å².